The standard InChI is InChI=1S/C10H12F4/c1-3-7-5-9(11)6(2)4-8(7)10(12,13)14/h5-6H,3-4H2,1-2H3. The number of alkyl halides is 3. The zero-order valence-corrected chi connectivity index (χ0v) is 8.08. The van der Waals surface area contributed by atoms with Gasteiger partial charge in [0.1, 0.15) is 5.83 Å². The monoisotopic (exact) mass is 208 g/mol. The van der Waals surface area contributed by atoms with E-state index in [0.29, 0.717) is 0 Å². The average molecular weight is 208 g/mol. The molecule has 0 aromatic heterocycles. The van der Waals surface area contributed by atoms with Crippen LogP contribution in [-0.2, 0) is 0 Å². The number of allylic oxidation sites excluding steroid dienone is 4. The third-order valence-corrected chi connectivity index (χ3v) is 2.40. The largest absolute Gasteiger partial charge is 0.412 e. The Kier molecular flexibility index (Phi) is 3.02. The summed E-state index contributed by atoms with van der Waals surface area (Å²) in [6.07, 6.45) is -3.32. The van der Waals surface area contributed by atoms with Crippen molar-refractivity contribution < 1.29 is 17.6 Å². The lowest BCUT2D eigenvalue weighted by Crippen LogP contribution is -2.19. The van der Waals surface area contributed by atoms with Crippen LogP contribution in [0.4, 0.5) is 17.6 Å². The van der Waals surface area contributed by atoms with Crippen LogP contribution in [0.1, 0.15) is 26.7 Å². The smallest absolute Gasteiger partial charge is 0.212 e. The Hall–Kier alpha value is -0.800. The number of hydrogen-bond donors (Lipinski definition) is 0. The van der Waals surface area contributed by atoms with E-state index >= 15 is 0 Å². The first-order valence-corrected chi connectivity index (χ1v) is 4.52. The Morgan fingerprint density at radius 3 is 2.43 bits per heavy atom. The topological polar surface area (TPSA) is 0 Å². The molecular formula is C10H12F4. The fourth-order valence-electron chi connectivity index (χ4n) is 1.54. The summed E-state index contributed by atoms with van der Waals surface area (Å²) in [6, 6.07) is 0. The fourth-order valence-corrected chi connectivity index (χ4v) is 1.54. The van der Waals surface area contributed by atoms with Crippen LogP contribution in [0.25, 0.3) is 0 Å². The zero-order valence-electron chi connectivity index (χ0n) is 8.08. The highest BCUT2D eigenvalue weighted by Gasteiger charge is 2.38. The third-order valence-electron chi connectivity index (χ3n) is 2.40. The second-order valence-electron chi connectivity index (χ2n) is 3.49. The quantitative estimate of drug-likeness (QED) is 0.568. The van der Waals surface area contributed by atoms with Gasteiger partial charge < -0.3 is 0 Å². The molecule has 0 saturated carbocycles. The highest BCUT2D eigenvalue weighted by Crippen LogP contribution is 2.40. The van der Waals surface area contributed by atoms with E-state index in [9.17, 15) is 17.6 Å². The van der Waals surface area contributed by atoms with E-state index in [1.54, 1.807) is 6.92 Å². The maximum atomic E-state index is 13.0. The van der Waals surface area contributed by atoms with E-state index in [2.05, 4.69) is 0 Å². The van der Waals surface area contributed by atoms with Crippen molar-refractivity contribution in [3.05, 3.63) is 23.0 Å². The van der Waals surface area contributed by atoms with Crippen LogP contribution in [0.5, 0.6) is 0 Å². The predicted molar refractivity (Wildman–Crippen MR) is 46.3 cm³/mol. The molecule has 1 rings (SSSR count). The Balaban J connectivity index is 3.11. The molecule has 4 heteroatoms. The summed E-state index contributed by atoms with van der Waals surface area (Å²) in [7, 11) is 0. The van der Waals surface area contributed by atoms with Crippen molar-refractivity contribution in [2.75, 3.05) is 0 Å². The molecule has 1 atom stereocenters. The first-order valence-electron chi connectivity index (χ1n) is 4.52. The molecule has 0 fully saturated rings. The average Bonchev–Trinajstić information content (AvgIpc) is 2.07. The van der Waals surface area contributed by atoms with Gasteiger partial charge in [0.2, 0.25) is 0 Å². The minimum absolute atomic E-state index is 0.0769. The Bertz CT molecular complexity index is 283. The molecule has 0 amide bonds. The van der Waals surface area contributed by atoms with Gasteiger partial charge in [0.25, 0.3) is 0 Å². The van der Waals surface area contributed by atoms with Crippen LogP contribution in [0, 0.1) is 5.92 Å². The van der Waals surface area contributed by atoms with E-state index in [0.717, 1.165) is 6.08 Å². The van der Waals surface area contributed by atoms with Crippen LogP contribution in [0.2, 0.25) is 0 Å². The van der Waals surface area contributed by atoms with Gasteiger partial charge in [0, 0.05) is 11.5 Å². The van der Waals surface area contributed by atoms with Crippen LogP contribution < -0.4 is 0 Å². The van der Waals surface area contributed by atoms with Crippen LogP contribution in [-0.4, -0.2) is 6.18 Å². The third kappa shape index (κ3) is 2.16. The summed E-state index contributed by atoms with van der Waals surface area (Å²) in [6.45, 7) is 3.06. The first-order chi connectivity index (χ1) is 6.36. The van der Waals surface area contributed by atoms with Crippen LogP contribution >= 0.6 is 0 Å². The second kappa shape index (κ2) is 3.75. The van der Waals surface area contributed by atoms with Gasteiger partial charge in [-0.15, -0.1) is 0 Å². The number of hydrogen-bond acceptors (Lipinski definition) is 0. The highest BCUT2D eigenvalue weighted by atomic mass is 19.4. The van der Waals surface area contributed by atoms with Gasteiger partial charge >= 0.3 is 6.18 Å². The number of rotatable bonds is 1. The predicted octanol–water partition coefficient (Wildman–Crippen LogP) is 4.15. The molecule has 0 aliphatic heterocycles. The van der Waals surface area contributed by atoms with E-state index in [-0.39, 0.29) is 18.4 Å². The molecule has 80 valence electrons. The molecule has 0 aromatic rings. The highest BCUT2D eigenvalue weighted by molar-refractivity contribution is 5.35. The van der Waals surface area contributed by atoms with Crippen molar-refractivity contribution >= 4 is 0 Å². The lowest BCUT2D eigenvalue weighted by atomic mass is 9.88. The Labute approximate surface area is 80.3 Å². The van der Waals surface area contributed by atoms with Crippen molar-refractivity contribution in [2.45, 2.75) is 32.9 Å². The molecule has 0 nitrogen and oxygen atoms in total. The summed E-state index contributed by atoms with van der Waals surface area (Å²) in [5.41, 5.74) is -0.498. The molecule has 0 spiro atoms. The van der Waals surface area contributed by atoms with Gasteiger partial charge in [-0.05, 0) is 24.5 Å². The lowest BCUT2D eigenvalue weighted by Gasteiger charge is -2.22. The maximum Gasteiger partial charge on any atom is 0.412 e. The van der Waals surface area contributed by atoms with Crippen LogP contribution in [0.15, 0.2) is 23.0 Å². The molecule has 1 unspecified atom stereocenters. The lowest BCUT2D eigenvalue weighted by molar-refractivity contribution is -0.0961. The molecule has 1 aliphatic rings. The first kappa shape index (κ1) is 11.3. The summed E-state index contributed by atoms with van der Waals surface area (Å²) in [4.78, 5) is 0. The zero-order chi connectivity index (χ0) is 10.9. The molecule has 14 heavy (non-hydrogen) atoms. The van der Waals surface area contributed by atoms with Gasteiger partial charge in [-0.3, -0.25) is 0 Å². The second-order valence-corrected chi connectivity index (χ2v) is 3.49. The van der Waals surface area contributed by atoms with Gasteiger partial charge in [0.15, 0.2) is 0 Å². The maximum absolute atomic E-state index is 13.0. The van der Waals surface area contributed by atoms with E-state index in [1.807, 2.05) is 0 Å². The van der Waals surface area contributed by atoms with Gasteiger partial charge in [-0.2, -0.15) is 13.2 Å². The van der Waals surface area contributed by atoms with Crippen LogP contribution in [0.3, 0.4) is 0 Å². The molecule has 0 aromatic carbocycles. The summed E-state index contributed by atoms with van der Waals surface area (Å²) < 4.78 is 50.4. The molecule has 0 N–H and O–H groups in total. The fraction of sp³-hybridized carbons (Fsp3) is 0.600. The Morgan fingerprint density at radius 1 is 1.43 bits per heavy atom. The summed E-state index contributed by atoms with van der Waals surface area (Å²) >= 11 is 0. The molecule has 0 bridgehead atoms. The van der Waals surface area contributed by atoms with Gasteiger partial charge in [0.05, 0.1) is 0 Å². The van der Waals surface area contributed by atoms with Gasteiger partial charge in [-0.1, -0.05) is 13.8 Å². The normalized spacial score (nSPS) is 23.9. The van der Waals surface area contributed by atoms with E-state index in [4.69, 9.17) is 0 Å². The minimum Gasteiger partial charge on any atom is -0.212 e. The van der Waals surface area contributed by atoms with E-state index in [1.165, 1.54) is 6.92 Å². The van der Waals surface area contributed by atoms with E-state index < -0.39 is 23.5 Å². The van der Waals surface area contributed by atoms with Crippen molar-refractivity contribution in [3.63, 3.8) is 0 Å². The molecule has 0 heterocycles. The minimum atomic E-state index is -4.32. The Morgan fingerprint density at radius 2 is 2.00 bits per heavy atom. The van der Waals surface area contributed by atoms with Crippen molar-refractivity contribution in [1.82, 2.24) is 0 Å². The summed E-state index contributed by atoms with van der Waals surface area (Å²) in [5, 5.41) is 0. The molecule has 1 aliphatic carbocycles. The molecular weight excluding hydrogens is 196 g/mol. The SMILES string of the molecule is CCC1=C(C(F)(F)F)CC(C)C(F)=C1. The van der Waals surface area contributed by atoms with Gasteiger partial charge in [-0.25, -0.2) is 4.39 Å². The molecule has 0 radical (unpaired) electrons. The van der Waals surface area contributed by atoms with Crippen molar-refractivity contribution in [1.29, 1.82) is 0 Å². The van der Waals surface area contributed by atoms with Crippen molar-refractivity contribution in [2.24, 2.45) is 5.92 Å². The summed E-state index contributed by atoms with van der Waals surface area (Å²) in [5.74, 6) is -1.10. The number of halogens is 4. The van der Waals surface area contributed by atoms with Crippen molar-refractivity contribution in [3.8, 4) is 0 Å². The molecule has 0 saturated heterocycles.